The van der Waals surface area contributed by atoms with Gasteiger partial charge in [0.1, 0.15) is 5.82 Å². The molecular weight excluding hydrogens is 239 g/mol. The van der Waals surface area contributed by atoms with Crippen LogP contribution in [0.15, 0.2) is 24.4 Å². The van der Waals surface area contributed by atoms with Gasteiger partial charge >= 0.3 is 0 Å². The van der Waals surface area contributed by atoms with Crippen molar-refractivity contribution in [2.45, 2.75) is 37.5 Å². The van der Waals surface area contributed by atoms with E-state index in [0.29, 0.717) is 12.1 Å². The van der Waals surface area contributed by atoms with Gasteiger partial charge in [0.15, 0.2) is 0 Å². The first kappa shape index (κ1) is 12.7. The molecule has 0 amide bonds. The Morgan fingerprint density at radius 1 is 1.26 bits per heavy atom. The van der Waals surface area contributed by atoms with E-state index in [1.165, 1.54) is 30.9 Å². The first-order chi connectivity index (χ1) is 9.18. The van der Waals surface area contributed by atoms with Crippen molar-refractivity contribution in [1.29, 1.82) is 0 Å². The number of fused-ring (bicyclic) bond motifs is 1. The van der Waals surface area contributed by atoms with E-state index in [1.807, 2.05) is 17.7 Å². The third kappa shape index (κ3) is 1.88. The summed E-state index contributed by atoms with van der Waals surface area (Å²) in [5.74, 6) is -0.144. The van der Waals surface area contributed by atoms with Crippen molar-refractivity contribution in [3.63, 3.8) is 0 Å². The van der Waals surface area contributed by atoms with Crippen LogP contribution < -0.4 is 5.73 Å². The molecule has 0 atom stereocenters. The number of benzene rings is 1. The molecule has 1 aliphatic rings. The molecule has 2 N–H and O–H groups in total. The quantitative estimate of drug-likeness (QED) is 0.880. The largest absolute Gasteiger partial charge is 0.348 e. The number of aryl methyl sites for hydroxylation is 1. The van der Waals surface area contributed by atoms with Crippen LogP contribution in [0.25, 0.3) is 10.9 Å². The Morgan fingerprint density at radius 2 is 2.00 bits per heavy atom. The third-order valence-electron chi connectivity index (χ3n) is 4.73. The van der Waals surface area contributed by atoms with E-state index >= 15 is 0 Å². The maximum absolute atomic E-state index is 14.0. The Labute approximate surface area is 113 Å². The van der Waals surface area contributed by atoms with E-state index < -0.39 is 0 Å². The summed E-state index contributed by atoms with van der Waals surface area (Å²) in [5.41, 5.74) is 8.10. The topological polar surface area (TPSA) is 30.9 Å². The van der Waals surface area contributed by atoms with Gasteiger partial charge < -0.3 is 10.3 Å². The molecule has 3 heteroatoms. The molecule has 0 spiro atoms. The normalized spacial score (nSPS) is 18.9. The molecule has 102 valence electrons. The van der Waals surface area contributed by atoms with E-state index in [9.17, 15) is 4.39 Å². The highest BCUT2D eigenvalue weighted by atomic mass is 19.1. The summed E-state index contributed by atoms with van der Waals surface area (Å²) in [4.78, 5) is 0. The second-order valence-electron chi connectivity index (χ2n) is 5.83. The fraction of sp³-hybridized carbons (Fsp3) is 0.500. The first-order valence-electron chi connectivity index (χ1n) is 7.12. The SMILES string of the molecule is Cn1cc(C2(CN)CCCCC2)c2cccc(F)c21. The van der Waals surface area contributed by atoms with Crippen molar-refractivity contribution in [1.82, 2.24) is 4.57 Å². The number of hydrogen-bond donors (Lipinski definition) is 1. The highest BCUT2D eigenvalue weighted by Gasteiger charge is 2.35. The molecule has 0 bridgehead atoms. The van der Waals surface area contributed by atoms with Gasteiger partial charge in [-0.3, -0.25) is 0 Å². The van der Waals surface area contributed by atoms with Crippen molar-refractivity contribution in [3.8, 4) is 0 Å². The van der Waals surface area contributed by atoms with Crippen molar-refractivity contribution in [3.05, 3.63) is 35.8 Å². The summed E-state index contributed by atoms with van der Waals surface area (Å²) in [6, 6.07) is 5.36. The fourth-order valence-corrected chi connectivity index (χ4v) is 3.65. The van der Waals surface area contributed by atoms with Gasteiger partial charge in [-0.25, -0.2) is 4.39 Å². The first-order valence-corrected chi connectivity index (χ1v) is 7.12. The molecule has 0 unspecified atom stereocenters. The molecule has 1 aromatic carbocycles. The molecule has 1 heterocycles. The smallest absolute Gasteiger partial charge is 0.147 e. The van der Waals surface area contributed by atoms with Crippen LogP contribution in [-0.2, 0) is 12.5 Å². The zero-order chi connectivity index (χ0) is 13.5. The second kappa shape index (κ2) is 4.64. The van der Waals surface area contributed by atoms with Crippen LogP contribution in [0.1, 0.15) is 37.7 Å². The summed E-state index contributed by atoms with van der Waals surface area (Å²) in [7, 11) is 1.92. The van der Waals surface area contributed by atoms with Crippen LogP contribution in [0.5, 0.6) is 0 Å². The van der Waals surface area contributed by atoms with E-state index in [4.69, 9.17) is 5.73 Å². The van der Waals surface area contributed by atoms with Gasteiger partial charge in [-0.2, -0.15) is 0 Å². The minimum Gasteiger partial charge on any atom is -0.348 e. The number of para-hydroxylation sites is 1. The lowest BCUT2D eigenvalue weighted by Gasteiger charge is -2.36. The van der Waals surface area contributed by atoms with Crippen LogP contribution in [-0.4, -0.2) is 11.1 Å². The molecule has 2 aromatic rings. The second-order valence-corrected chi connectivity index (χ2v) is 5.83. The van der Waals surface area contributed by atoms with E-state index in [1.54, 1.807) is 6.07 Å². The van der Waals surface area contributed by atoms with Crippen LogP contribution in [0.2, 0.25) is 0 Å². The van der Waals surface area contributed by atoms with Crippen LogP contribution in [0, 0.1) is 5.82 Å². The molecule has 2 nitrogen and oxygen atoms in total. The summed E-state index contributed by atoms with van der Waals surface area (Å²) < 4.78 is 15.9. The van der Waals surface area contributed by atoms with Crippen LogP contribution in [0.3, 0.4) is 0 Å². The maximum atomic E-state index is 14.0. The minimum atomic E-state index is -0.144. The number of aromatic nitrogens is 1. The summed E-state index contributed by atoms with van der Waals surface area (Å²) in [5, 5.41) is 1.04. The number of halogens is 1. The van der Waals surface area contributed by atoms with Gasteiger partial charge in [0.05, 0.1) is 5.52 Å². The number of hydrogen-bond acceptors (Lipinski definition) is 1. The predicted molar refractivity (Wildman–Crippen MR) is 76.7 cm³/mol. The molecule has 1 aromatic heterocycles. The molecule has 1 fully saturated rings. The third-order valence-corrected chi connectivity index (χ3v) is 4.73. The van der Waals surface area contributed by atoms with Crippen molar-refractivity contribution >= 4 is 10.9 Å². The zero-order valence-electron chi connectivity index (χ0n) is 11.5. The number of nitrogens with zero attached hydrogens (tertiary/aromatic N) is 1. The van der Waals surface area contributed by atoms with Crippen LogP contribution in [0.4, 0.5) is 4.39 Å². The Kier molecular flexibility index (Phi) is 3.09. The maximum Gasteiger partial charge on any atom is 0.147 e. The van der Waals surface area contributed by atoms with Gasteiger partial charge in [-0.1, -0.05) is 31.4 Å². The molecule has 0 aliphatic heterocycles. The molecule has 1 saturated carbocycles. The molecule has 3 rings (SSSR count). The van der Waals surface area contributed by atoms with Gasteiger partial charge in [-0.15, -0.1) is 0 Å². The molecule has 1 aliphatic carbocycles. The zero-order valence-corrected chi connectivity index (χ0v) is 11.5. The average molecular weight is 260 g/mol. The van der Waals surface area contributed by atoms with Crippen molar-refractivity contribution < 1.29 is 4.39 Å². The predicted octanol–water partition coefficient (Wildman–Crippen LogP) is 3.48. The molecule has 0 saturated heterocycles. The lowest BCUT2D eigenvalue weighted by atomic mass is 9.69. The standard InChI is InChI=1S/C16H21FN2/c1-19-10-13(12-6-5-7-14(17)15(12)19)16(11-18)8-3-2-4-9-16/h5-7,10H,2-4,8-9,11,18H2,1H3. The highest BCUT2D eigenvalue weighted by molar-refractivity contribution is 5.85. The summed E-state index contributed by atoms with van der Waals surface area (Å²) in [6.07, 6.45) is 8.08. The monoisotopic (exact) mass is 260 g/mol. The van der Waals surface area contributed by atoms with E-state index in [-0.39, 0.29) is 11.2 Å². The summed E-state index contributed by atoms with van der Waals surface area (Å²) >= 11 is 0. The lowest BCUT2D eigenvalue weighted by Crippen LogP contribution is -2.37. The Bertz CT molecular complexity index is 594. The van der Waals surface area contributed by atoms with Crippen molar-refractivity contribution in [2.24, 2.45) is 12.8 Å². The van der Waals surface area contributed by atoms with Gasteiger partial charge in [0.2, 0.25) is 0 Å². The van der Waals surface area contributed by atoms with Gasteiger partial charge in [-0.05, 0) is 24.5 Å². The lowest BCUT2D eigenvalue weighted by molar-refractivity contribution is 0.302. The van der Waals surface area contributed by atoms with Crippen molar-refractivity contribution in [2.75, 3.05) is 6.54 Å². The Hall–Kier alpha value is -1.35. The van der Waals surface area contributed by atoms with Gasteiger partial charge in [0.25, 0.3) is 0 Å². The summed E-state index contributed by atoms with van der Waals surface area (Å²) in [6.45, 7) is 0.655. The van der Waals surface area contributed by atoms with E-state index in [0.717, 1.165) is 18.2 Å². The van der Waals surface area contributed by atoms with E-state index in [2.05, 4.69) is 6.20 Å². The fourth-order valence-electron chi connectivity index (χ4n) is 3.65. The molecule has 19 heavy (non-hydrogen) atoms. The average Bonchev–Trinajstić information content (AvgIpc) is 2.79. The Morgan fingerprint density at radius 3 is 2.68 bits per heavy atom. The van der Waals surface area contributed by atoms with Crippen LogP contribution >= 0.6 is 0 Å². The molecular formula is C16H21FN2. The van der Waals surface area contributed by atoms with Gasteiger partial charge in [0, 0.05) is 30.6 Å². The minimum absolute atomic E-state index is 0.0472. The highest BCUT2D eigenvalue weighted by Crippen LogP contribution is 2.42. The number of nitrogens with two attached hydrogens (primary N) is 1. The molecule has 0 radical (unpaired) electrons. The Balaban J connectivity index is 2.22. The number of rotatable bonds is 2.